The number of carbonyl (C=O) groups excluding carboxylic acids is 1. The quantitative estimate of drug-likeness (QED) is 0.583. The summed E-state index contributed by atoms with van der Waals surface area (Å²) in [7, 11) is 0. The van der Waals surface area contributed by atoms with E-state index in [0.717, 1.165) is 48.4 Å². The van der Waals surface area contributed by atoms with E-state index in [-0.39, 0.29) is 11.7 Å². The summed E-state index contributed by atoms with van der Waals surface area (Å²) in [4.78, 5) is 19.5. The number of likely N-dealkylation sites (tertiary alicyclic amines) is 1. The lowest BCUT2D eigenvalue weighted by molar-refractivity contribution is 0.0950. The number of aromatic nitrogens is 1. The highest BCUT2D eigenvalue weighted by atomic mass is 35.5. The molecule has 2 aromatic carbocycles. The molecule has 1 unspecified atom stereocenters. The molecule has 0 radical (unpaired) electrons. The van der Waals surface area contributed by atoms with Gasteiger partial charge in [-0.2, -0.15) is 0 Å². The maximum Gasteiger partial charge on any atom is 0.251 e. The topological polar surface area (TPSA) is 45.2 Å². The Morgan fingerprint density at radius 3 is 2.81 bits per heavy atom. The monoisotopic (exact) mass is 437 g/mol. The molecule has 0 aliphatic carbocycles. The van der Waals surface area contributed by atoms with Gasteiger partial charge in [0, 0.05) is 48.0 Å². The van der Waals surface area contributed by atoms with Gasteiger partial charge in [0.2, 0.25) is 0 Å². The SMILES string of the molecule is Cc1c(Cl)cccc1C(=O)NCc1ccnc(C2CCN(Cc3ccc(F)cc3)C2)c1. The van der Waals surface area contributed by atoms with Gasteiger partial charge in [-0.3, -0.25) is 14.7 Å². The Morgan fingerprint density at radius 2 is 2.00 bits per heavy atom. The number of pyridine rings is 1. The molecule has 2 heterocycles. The maximum absolute atomic E-state index is 13.1. The Balaban J connectivity index is 1.35. The fourth-order valence-electron chi connectivity index (χ4n) is 4.02. The third kappa shape index (κ3) is 5.30. The predicted molar refractivity (Wildman–Crippen MR) is 121 cm³/mol. The molecule has 1 aromatic heterocycles. The van der Waals surface area contributed by atoms with Crippen molar-refractivity contribution in [1.29, 1.82) is 0 Å². The molecule has 1 N–H and O–H groups in total. The van der Waals surface area contributed by atoms with E-state index in [1.54, 1.807) is 18.2 Å². The van der Waals surface area contributed by atoms with Gasteiger partial charge >= 0.3 is 0 Å². The molecule has 4 rings (SSSR count). The van der Waals surface area contributed by atoms with E-state index in [9.17, 15) is 9.18 Å². The van der Waals surface area contributed by atoms with E-state index in [0.29, 0.717) is 23.0 Å². The Hall–Kier alpha value is -2.76. The summed E-state index contributed by atoms with van der Waals surface area (Å²) in [6.45, 7) is 5.00. The number of benzene rings is 2. The van der Waals surface area contributed by atoms with Crippen molar-refractivity contribution in [1.82, 2.24) is 15.2 Å². The molecule has 1 amide bonds. The van der Waals surface area contributed by atoms with Crippen LogP contribution in [-0.4, -0.2) is 28.9 Å². The van der Waals surface area contributed by atoms with Gasteiger partial charge < -0.3 is 5.32 Å². The average Bonchev–Trinajstić information content (AvgIpc) is 3.24. The minimum atomic E-state index is -0.207. The van der Waals surface area contributed by atoms with Crippen molar-refractivity contribution in [2.45, 2.75) is 32.4 Å². The lowest BCUT2D eigenvalue weighted by atomic mass is 10.0. The van der Waals surface area contributed by atoms with Crippen molar-refractivity contribution in [2.24, 2.45) is 0 Å². The summed E-state index contributed by atoms with van der Waals surface area (Å²) in [5.74, 6) is 0.0117. The third-order valence-electron chi connectivity index (χ3n) is 5.82. The molecule has 3 aromatic rings. The van der Waals surface area contributed by atoms with Crippen LogP contribution in [0.1, 0.15) is 45.1 Å². The lowest BCUT2D eigenvalue weighted by Crippen LogP contribution is -2.24. The molecule has 1 aliphatic heterocycles. The normalized spacial score (nSPS) is 16.4. The van der Waals surface area contributed by atoms with Gasteiger partial charge in [0.15, 0.2) is 0 Å². The van der Waals surface area contributed by atoms with Crippen molar-refractivity contribution in [3.05, 3.63) is 99.6 Å². The summed E-state index contributed by atoms with van der Waals surface area (Å²) in [6, 6.07) is 16.0. The number of rotatable bonds is 6. The van der Waals surface area contributed by atoms with Crippen molar-refractivity contribution < 1.29 is 9.18 Å². The summed E-state index contributed by atoms with van der Waals surface area (Å²) in [6.07, 6.45) is 2.84. The molecule has 0 bridgehead atoms. The van der Waals surface area contributed by atoms with E-state index < -0.39 is 0 Å². The van der Waals surface area contributed by atoms with Crippen molar-refractivity contribution in [3.8, 4) is 0 Å². The number of hydrogen-bond donors (Lipinski definition) is 1. The predicted octanol–water partition coefficient (Wildman–Crippen LogP) is 5.10. The molecular weight excluding hydrogens is 413 g/mol. The molecule has 1 atom stereocenters. The second-order valence-electron chi connectivity index (χ2n) is 8.03. The summed E-state index contributed by atoms with van der Waals surface area (Å²) in [5.41, 5.74) is 4.56. The van der Waals surface area contributed by atoms with Crippen LogP contribution in [0.3, 0.4) is 0 Å². The van der Waals surface area contributed by atoms with E-state index in [1.165, 1.54) is 12.1 Å². The standard InChI is InChI=1S/C25H25ClFN3O/c1-17-22(3-2-4-23(17)26)25(31)29-14-19-9-11-28-24(13-19)20-10-12-30(16-20)15-18-5-7-21(27)8-6-18/h2-9,11,13,20H,10,12,14-16H2,1H3,(H,29,31). The fraction of sp³-hybridized carbons (Fsp3) is 0.280. The summed E-state index contributed by atoms with van der Waals surface area (Å²) >= 11 is 6.13. The first-order chi connectivity index (χ1) is 15.0. The lowest BCUT2D eigenvalue weighted by Gasteiger charge is -2.16. The molecule has 0 saturated carbocycles. The van der Waals surface area contributed by atoms with Gasteiger partial charge in [-0.15, -0.1) is 0 Å². The molecule has 1 saturated heterocycles. The van der Waals surface area contributed by atoms with Crippen LogP contribution in [0.2, 0.25) is 5.02 Å². The zero-order valence-corrected chi connectivity index (χ0v) is 18.2. The second kappa shape index (κ2) is 9.58. The first-order valence-electron chi connectivity index (χ1n) is 10.4. The summed E-state index contributed by atoms with van der Waals surface area (Å²) in [5, 5.41) is 3.57. The molecule has 1 aliphatic rings. The molecule has 0 spiro atoms. The molecule has 160 valence electrons. The van der Waals surface area contributed by atoms with Crippen LogP contribution in [0.25, 0.3) is 0 Å². The highest BCUT2D eigenvalue weighted by Crippen LogP contribution is 2.27. The first kappa shape index (κ1) is 21.5. The largest absolute Gasteiger partial charge is 0.348 e. The molecular formula is C25H25ClFN3O. The van der Waals surface area contributed by atoms with Crippen LogP contribution in [0.4, 0.5) is 4.39 Å². The van der Waals surface area contributed by atoms with E-state index in [2.05, 4.69) is 21.3 Å². The van der Waals surface area contributed by atoms with Gasteiger partial charge in [0.1, 0.15) is 5.82 Å². The second-order valence-corrected chi connectivity index (χ2v) is 8.44. The Bertz CT molecular complexity index is 1070. The molecule has 4 nitrogen and oxygen atoms in total. The third-order valence-corrected chi connectivity index (χ3v) is 6.23. The fourth-order valence-corrected chi connectivity index (χ4v) is 4.20. The number of carbonyl (C=O) groups is 1. The van der Waals surface area contributed by atoms with Crippen LogP contribution in [0.5, 0.6) is 0 Å². The minimum absolute atomic E-state index is 0.135. The number of hydrogen-bond acceptors (Lipinski definition) is 3. The van der Waals surface area contributed by atoms with Crippen LogP contribution in [0, 0.1) is 12.7 Å². The number of amides is 1. The van der Waals surface area contributed by atoms with Crippen LogP contribution < -0.4 is 5.32 Å². The van der Waals surface area contributed by atoms with Crippen molar-refractivity contribution >= 4 is 17.5 Å². The first-order valence-corrected chi connectivity index (χ1v) is 10.8. The minimum Gasteiger partial charge on any atom is -0.348 e. The van der Waals surface area contributed by atoms with E-state index in [4.69, 9.17) is 11.6 Å². The highest BCUT2D eigenvalue weighted by Gasteiger charge is 2.25. The highest BCUT2D eigenvalue weighted by molar-refractivity contribution is 6.31. The van der Waals surface area contributed by atoms with Gasteiger partial charge in [0.05, 0.1) is 0 Å². The maximum atomic E-state index is 13.1. The van der Waals surface area contributed by atoms with Crippen LogP contribution >= 0.6 is 11.6 Å². The Labute approximate surface area is 187 Å². The number of nitrogens with zero attached hydrogens (tertiary/aromatic N) is 2. The van der Waals surface area contributed by atoms with Crippen molar-refractivity contribution in [2.75, 3.05) is 13.1 Å². The van der Waals surface area contributed by atoms with Gasteiger partial charge in [-0.25, -0.2) is 4.39 Å². The Kier molecular flexibility index (Phi) is 6.64. The molecule has 1 fully saturated rings. The molecule has 31 heavy (non-hydrogen) atoms. The molecule has 6 heteroatoms. The van der Waals surface area contributed by atoms with Gasteiger partial charge in [0.25, 0.3) is 5.91 Å². The smallest absolute Gasteiger partial charge is 0.251 e. The van der Waals surface area contributed by atoms with E-state index in [1.807, 2.05) is 31.3 Å². The van der Waals surface area contributed by atoms with Gasteiger partial charge in [-0.05, 0) is 73.0 Å². The van der Waals surface area contributed by atoms with Gasteiger partial charge in [-0.1, -0.05) is 29.8 Å². The average molecular weight is 438 g/mol. The van der Waals surface area contributed by atoms with Crippen LogP contribution in [-0.2, 0) is 13.1 Å². The Morgan fingerprint density at radius 1 is 1.19 bits per heavy atom. The van der Waals surface area contributed by atoms with Crippen LogP contribution in [0.15, 0.2) is 60.8 Å². The summed E-state index contributed by atoms with van der Waals surface area (Å²) < 4.78 is 13.1. The zero-order chi connectivity index (χ0) is 21.8. The zero-order valence-electron chi connectivity index (χ0n) is 17.4. The van der Waals surface area contributed by atoms with E-state index >= 15 is 0 Å². The number of halogens is 2. The number of nitrogens with one attached hydrogen (secondary N) is 1. The van der Waals surface area contributed by atoms with Crippen molar-refractivity contribution in [3.63, 3.8) is 0 Å².